The fraction of sp³-hybridized carbons (Fsp3) is 0.106. The van der Waals surface area contributed by atoms with Crippen LogP contribution in [0.2, 0.25) is 0 Å². The zero-order chi connectivity index (χ0) is 33.2. The van der Waals surface area contributed by atoms with Gasteiger partial charge in [0.25, 0.3) is 0 Å². The van der Waals surface area contributed by atoms with Gasteiger partial charge in [0.2, 0.25) is 0 Å². The number of hydrogen-bond acceptors (Lipinski definition) is 2. The number of nitrogens with zero attached hydrogens (tertiary/aromatic N) is 2. The van der Waals surface area contributed by atoms with E-state index in [1.807, 2.05) is 0 Å². The molecule has 0 radical (unpaired) electrons. The minimum absolute atomic E-state index is 0.128. The number of hydrogen-bond donors (Lipinski definition) is 0. The summed E-state index contributed by atoms with van der Waals surface area (Å²) in [4.78, 5) is 4.74. The zero-order valence-corrected chi connectivity index (χ0v) is 27.9. The van der Waals surface area contributed by atoms with Crippen LogP contribution in [-0.2, 0) is 5.41 Å². The Kier molecular flexibility index (Phi) is 7.96. The van der Waals surface area contributed by atoms with Crippen LogP contribution in [0.15, 0.2) is 182 Å². The maximum atomic E-state index is 3.48. The molecule has 0 spiro atoms. The number of rotatable bonds is 6. The summed E-state index contributed by atoms with van der Waals surface area (Å²) < 4.78 is 0. The fourth-order valence-electron chi connectivity index (χ4n) is 7.35. The largest absolute Gasteiger partial charge is 0.334 e. The second-order valence-electron chi connectivity index (χ2n) is 13.2. The van der Waals surface area contributed by atoms with E-state index in [1.165, 1.54) is 33.6 Å². The molecule has 1 atom stereocenters. The Labute approximate surface area is 290 Å². The van der Waals surface area contributed by atoms with Crippen LogP contribution in [0.3, 0.4) is 0 Å². The molecule has 6 aromatic carbocycles. The number of anilines is 5. The lowest BCUT2D eigenvalue weighted by Crippen LogP contribution is -2.32. The van der Waals surface area contributed by atoms with Gasteiger partial charge in [0.1, 0.15) is 0 Å². The summed E-state index contributed by atoms with van der Waals surface area (Å²) in [5, 5.41) is 0. The van der Waals surface area contributed by atoms with Crippen molar-refractivity contribution in [3.05, 3.63) is 204 Å². The molecule has 0 aromatic heterocycles. The first-order valence-corrected chi connectivity index (χ1v) is 17.1. The van der Waals surface area contributed by atoms with E-state index < -0.39 is 0 Å². The standard InChI is InChI=1S/C47H38N2/c1-47(2)45-33-36(24-23-35-25-28-41(29-26-35)48(37-15-7-3-8-16-37)38-17-9-4-10-18-38)27-31-43(45)44-32-30-42(34-46(44)47)49(39-19-11-5-12-20-39)40-21-13-6-14-22-40/h3-22,25-29,31-34,42H,30H2,1-2H3. The molecule has 2 aliphatic carbocycles. The predicted octanol–water partition coefficient (Wildman–Crippen LogP) is 11.8. The average molecular weight is 631 g/mol. The quantitative estimate of drug-likeness (QED) is 0.169. The van der Waals surface area contributed by atoms with Crippen molar-refractivity contribution in [3.8, 4) is 11.8 Å². The smallest absolute Gasteiger partial charge is 0.0563 e. The highest BCUT2D eigenvalue weighted by molar-refractivity contribution is 5.91. The summed E-state index contributed by atoms with van der Waals surface area (Å²) in [5.41, 5.74) is 13.1. The van der Waals surface area contributed by atoms with Crippen LogP contribution >= 0.6 is 0 Å². The van der Waals surface area contributed by atoms with Gasteiger partial charge in [0, 0.05) is 45.0 Å². The minimum Gasteiger partial charge on any atom is -0.334 e. The van der Waals surface area contributed by atoms with Crippen LogP contribution in [0.1, 0.15) is 42.5 Å². The van der Waals surface area contributed by atoms with Crippen LogP contribution < -0.4 is 9.80 Å². The molecule has 8 rings (SSSR count). The highest BCUT2D eigenvalue weighted by Crippen LogP contribution is 2.52. The monoisotopic (exact) mass is 630 g/mol. The zero-order valence-electron chi connectivity index (χ0n) is 27.9. The Bertz CT molecular complexity index is 2120. The lowest BCUT2D eigenvalue weighted by molar-refractivity contribution is 0.644. The lowest BCUT2D eigenvalue weighted by Gasteiger charge is -2.35. The summed E-state index contributed by atoms with van der Waals surface area (Å²) in [6, 6.07) is 58.0. The van der Waals surface area contributed by atoms with E-state index in [4.69, 9.17) is 0 Å². The van der Waals surface area contributed by atoms with E-state index in [0.717, 1.165) is 34.6 Å². The van der Waals surface area contributed by atoms with Gasteiger partial charge < -0.3 is 9.80 Å². The molecule has 6 aromatic rings. The molecule has 0 heterocycles. The molecule has 236 valence electrons. The Morgan fingerprint density at radius 3 is 1.55 bits per heavy atom. The fourth-order valence-corrected chi connectivity index (χ4v) is 7.35. The van der Waals surface area contributed by atoms with E-state index in [9.17, 15) is 0 Å². The molecule has 49 heavy (non-hydrogen) atoms. The van der Waals surface area contributed by atoms with Crippen molar-refractivity contribution in [2.24, 2.45) is 0 Å². The van der Waals surface area contributed by atoms with Crippen LogP contribution in [0, 0.1) is 11.8 Å². The number of para-hydroxylation sites is 4. The first-order valence-electron chi connectivity index (χ1n) is 17.1. The van der Waals surface area contributed by atoms with Gasteiger partial charge >= 0.3 is 0 Å². The van der Waals surface area contributed by atoms with Gasteiger partial charge in [-0.3, -0.25) is 0 Å². The molecule has 0 saturated carbocycles. The summed E-state index contributed by atoms with van der Waals surface area (Å²) in [6.45, 7) is 4.72. The number of fused-ring (bicyclic) bond motifs is 3. The first-order chi connectivity index (χ1) is 24.1. The molecule has 2 heteroatoms. The first kappa shape index (κ1) is 30.3. The number of benzene rings is 6. The highest BCUT2D eigenvalue weighted by Gasteiger charge is 2.40. The summed E-state index contributed by atoms with van der Waals surface area (Å²) >= 11 is 0. The van der Waals surface area contributed by atoms with Gasteiger partial charge in [-0.05, 0) is 114 Å². The summed E-state index contributed by atoms with van der Waals surface area (Å²) in [5.74, 6) is 6.92. The van der Waals surface area contributed by atoms with Gasteiger partial charge in [-0.25, -0.2) is 0 Å². The summed E-state index contributed by atoms with van der Waals surface area (Å²) in [7, 11) is 0. The molecular formula is C47H38N2. The minimum atomic E-state index is -0.128. The van der Waals surface area contributed by atoms with E-state index in [2.05, 4.69) is 211 Å². The van der Waals surface area contributed by atoms with Crippen molar-refractivity contribution in [1.29, 1.82) is 0 Å². The van der Waals surface area contributed by atoms with E-state index in [0.29, 0.717) is 0 Å². The Morgan fingerprint density at radius 2 is 1.00 bits per heavy atom. The molecule has 1 unspecified atom stereocenters. The molecule has 2 nitrogen and oxygen atoms in total. The normalized spacial score (nSPS) is 15.5. The molecular weight excluding hydrogens is 593 g/mol. The SMILES string of the molecule is CC1(C)C2=CC(N(c3ccccc3)c3ccccc3)CC=C2c2ccc(C#Cc3ccc(N(c4ccccc4)c4ccccc4)cc3)cc21. The van der Waals surface area contributed by atoms with Crippen LogP contribution in [0.5, 0.6) is 0 Å². The summed E-state index contributed by atoms with van der Waals surface area (Å²) in [6.07, 6.45) is 5.91. The second-order valence-corrected chi connectivity index (χ2v) is 13.2. The van der Waals surface area contributed by atoms with Gasteiger partial charge in [-0.1, -0.05) is 117 Å². The maximum absolute atomic E-state index is 3.48. The van der Waals surface area contributed by atoms with Gasteiger partial charge in [-0.2, -0.15) is 0 Å². The Hall–Kier alpha value is -6.04. The van der Waals surface area contributed by atoms with Crippen LogP contribution in [0.4, 0.5) is 28.4 Å². The molecule has 2 aliphatic rings. The average Bonchev–Trinajstić information content (AvgIpc) is 3.38. The molecule has 0 N–H and O–H groups in total. The Balaban J connectivity index is 1.07. The van der Waals surface area contributed by atoms with Crippen molar-refractivity contribution in [2.75, 3.05) is 9.80 Å². The van der Waals surface area contributed by atoms with Crippen molar-refractivity contribution in [1.82, 2.24) is 0 Å². The van der Waals surface area contributed by atoms with Gasteiger partial charge in [0.05, 0.1) is 6.04 Å². The van der Waals surface area contributed by atoms with Gasteiger partial charge in [-0.15, -0.1) is 0 Å². The predicted molar refractivity (Wildman–Crippen MR) is 206 cm³/mol. The molecule has 0 amide bonds. The van der Waals surface area contributed by atoms with Gasteiger partial charge in [0.15, 0.2) is 0 Å². The van der Waals surface area contributed by atoms with E-state index in [1.54, 1.807) is 0 Å². The lowest BCUT2D eigenvalue weighted by atomic mass is 9.79. The van der Waals surface area contributed by atoms with Crippen molar-refractivity contribution < 1.29 is 0 Å². The maximum Gasteiger partial charge on any atom is 0.0563 e. The van der Waals surface area contributed by atoms with E-state index >= 15 is 0 Å². The van der Waals surface area contributed by atoms with Crippen LogP contribution in [0.25, 0.3) is 5.57 Å². The second kappa shape index (κ2) is 12.9. The third-order valence-electron chi connectivity index (χ3n) is 9.77. The van der Waals surface area contributed by atoms with E-state index in [-0.39, 0.29) is 11.5 Å². The number of allylic oxidation sites excluding steroid dienone is 2. The molecule has 0 saturated heterocycles. The van der Waals surface area contributed by atoms with Crippen molar-refractivity contribution in [2.45, 2.75) is 31.7 Å². The Morgan fingerprint density at radius 1 is 0.531 bits per heavy atom. The van der Waals surface area contributed by atoms with Crippen molar-refractivity contribution in [3.63, 3.8) is 0 Å². The van der Waals surface area contributed by atoms with Crippen LogP contribution in [-0.4, -0.2) is 6.04 Å². The van der Waals surface area contributed by atoms with Crippen molar-refractivity contribution >= 4 is 34.0 Å². The molecule has 0 fully saturated rings. The third kappa shape index (κ3) is 5.86. The third-order valence-corrected chi connectivity index (χ3v) is 9.77. The molecule has 0 aliphatic heterocycles. The highest BCUT2D eigenvalue weighted by atomic mass is 15.2. The topological polar surface area (TPSA) is 6.48 Å². The molecule has 0 bridgehead atoms.